The first-order chi connectivity index (χ1) is 14.9. The summed E-state index contributed by atoms with van der Waals surface area (Å²) in [7, 11) is 0. The van der Waals surface area contributed by atoms with E-state index in [0.717, 1.165) is 9.80 Å². The van der Waals surface area contributed by atoms with Crippen LogP contribution in [0.3, 0.4) is 0 Å². The number of fused-ring (bicyclic) bond motifs is 1. The van der Waals surface area contributed by atoms with Crippen molar-refractivity contribution in [1.82, 2.24) is 4.90 Å². The normalized spacial score (nSPS) is 12.7. The molecule has 0 unspecified atom stereocenters. The Kier molecular flexibility index (Phi) is 5.58. The minimum atomic E-state index is -0.925. The Morgan fingerprint density at radius 2 is 1.68 bits per heavy atom. The van der Waals surface area contributed by atoms with Crippen LogP contribution in [0.1, 0.15) is 36.8 Å². The molecule has 9 heteroatoms. The third-order valence-corrected chi connectivity index (χ3v) is 5.30. The predicted molar refractivity (Wildman–Crippen MR) is 115 cm³/mol. The Labute approximate surface area is 187 Å². The fourth-order valence-electron chi connectivity index (χ4n) is 3.45. The van der Waals surface area contributed by atoms with Gasteiger partial charge in [0.05, 0.1) is 23.1 Å². The molecule has 0 bridgehead atoms. The number of hydrogen-bond donors (Lipinski definition) is 0. The van der Waals surface area contributed by atoms with Crippen LogP contribution in [0.25, 0.3) is 0 Å². The zero-order valence-corrected chi connectivity index (χ0v) is 17.5. The largest absolute Gasteiger partial charge is 0.718 e. The molecule has 7 nitrogen and oxygen atoms in total. The van der Waals surface area contributed by atoms with E-state index in [-0.39, 0.29) is 24.4 Å². The average Bonchev–Trinajstić information content (AvgIpc) is 3.36. The van der Waals surface area contributed by atoms with Gasteiger partial charge in [-0.1, -0.05) is 23.7 Å². The van der Waals surface area contributed by atoms with Crippen LogP contribution in [0.2, 0.25) is 5.02 Å². The number of benzene rings is 2. The summed E-state index contributed by atoms with van der Waals surface area (Å²) in [5.41, 5.74) is 1.37. The number of hydrogen-bond acceptors (Lipinski definition) is 6. The van der Waals surface area contributed by atoms with E-state index in [2.05, 4.69) is 0 Å². The van der Waals surface area contributed by atoms with Crippen LogP contribution in [0.4, 0.5) is 10.5 Å². The lowest BCUT2D eigenvalue weighted by Gasteiger charge is -2.26. The lowest BCUT2D eigenvalue weighted by atomic mass is 10.1. The van der Waals surface area contributed by atoms with Crippen molar-refractivity contribution in [3.63, 3.8) is 0 Å². The van der Waals surface area contributed by atoms with E-state index in [0.29, 0.717) is 21.7 Å². The molecule has 0 atom stereocenters. The second-order valence-corrected chi connectivity index (χ2v) is 7.50. The molecule has 0 radical (unpaired) electrons. The van der Waals surface area contributed by atoms with Crippen LogP contribution in [0, 0.1) is 0 Å². The molecular weight excluding hydrogens is 440 g/mol. The summed E-state index contributed by atoms with van der Waals surface area (Å²) in [4.78, 5) is 52.1. The molecule has 2 aromatic carbocycles. The quantitative estimate of drug-likeness (QED) is 0.427. The zero-order chi connectivity index (χ0) is 22.1. The van der Waals surface area contributed by atoms with E-state index in [9.17, 15) is 19.2 Å². The summed E-state index contributed by atoms with van der Waals surface area (Å²) in [6.07, 6.45) is 1.47. The maximum absolute atomic E-state index is 12.8. The fraction of sp³-hybridized carbons (Fsp3) is 0.0909. The van der Waals surface area contributed by atoms with Crippen molar-refractivity contribution in [2.75, 3.05) is 11.4 Å². The van der Waals surface area contributed by atoms with E-state index in [1.807, 2.05) is 0 Å². The van der Waals surface area contributed by atoms with Crippen molar-refractivity contribution >= 4 is 52.9 Å². The maximum Gasteiger partial charge on any atom is 0.299 e. The first-order valence-corrected chi connectivity index (χ1v) is 9.99. The number of furan rings is 1. The fourth-order valence-corrected chi connectivity index (χ4v) is 3.82. The summed E-state index contributed by atoms with van der Waals surface area (Å²) in [5, 5.41) is -0.561. The SMILES string of the molecule is O=C1c2ccccc2C(=O)N1CCc1cc(Cl)ccc1N(C(=O)[S-])C(=O)c1ccco1. The molecule has 4 rings (SSSR count). The minimum absolute atomic E-state index is 0.0358. The molecule has 4 amide bonds. The van der Waals surface area contributed by atoms with Crippen molar-refractivity contribution in [1.29, 1.82) is 0 Å². The number of carbonyl (C=O) groups is 4. The lowest BCUT2D eigenvalue weighted by Crippen LogP contribution is -2.36. The van der Waals surface area contributed by atoms with Crippen LogP contribution >= 0.6 is 11.6 Å². The van der Waals surface area contributed by atoms with E-state index < -0.39 is 23.0 Å². The highest BCUT2D eigenvalue weighted by molar-refractivity contribution is 7.77. The highest BCUT2D eigenvalue weighted by Crippen LogP contribution is 2.29. The smallest absolute Gasteiger partial charge is 0.299 e. The summed E-state index contributed by atoms with van der Waals surface area (Å²) < 4.78 is 5.10. The van der Waals surface area contributed by atoms with Crippen molar-refractivity contribution in [2.45, 2.75) is 6.42 Å². The molecule has 1 aliphatic heterocycles. The molecule has 1 aromatic heterocycles. The summed E-state index contributed by atoms with van der Waals surface area (Å²) >= 11 is 10.9. The standard InChI is InChI=1S/C22H15ClN2O5S/c23-14-7-8-17(25(22(29)31)21(28)18-6-3-11-30-18)13(12-14)9-10-24-19(26)15-4-1-2-5-16(15)20(24)27/h1-8,11-12H,9-10H2,(H,29,31)/p-1. The van der Waals surface area contributed by atoms with Crippen LogP contribution in [-0.4, -0.2) is 34.4 Å². The molecule has 2 heterocycles. The lowest BCUT2D eigenvalue weighted by molar-refractivity contribution is 0.0655. The first-order valence-electron chi connectivity index (χ1n) is 9.21. The van der Waals surface area contributed by atoms with E-state index >= 15 is 0 Å². The van der Waals surface area contributed by atoms with Gasteiger partial charge in [-0.05, 0) is 54.4 Å². The number of nitrogens with zero attached hydrogens (tertiary/aromatic N) is 2. The summed E-state index contributed by atoms with van der Waals surface area (Å²) in [6, 6.07) is 14.1. The highest BCUT2D eigenvalue weighted by Gasteiger charge is 2.35. The molecule has 0 saturated heterocycles. The van der Waals surface area contributed by atoms with E-state index in [1.165, 1.54) is 30.5 Å². The second-order valence-electron chi connectivity index (χ2n) is 6.71. The average molecular weight is 454 g/mol. The van der Waals surface area contributed by atoms with Crippen molar-refractivity contribution < 1.29 is 23.6 Å². The third-order valence-electron chi connectivity index (χ3n) is 4.88. The Morgan fingerprint density at radius 1 is 1.00 bits per heavy atom. The van der Waals surface area contributed by atoms with Crippen molar-refractivity contribution in [3.05, 3.63) is 88.3 Å². The number of imide groups is 2. The number of carbonyl (C=O) groups excluding carboxylic acids is 4. The van der Waals surface area contributed by atoms with Crippen molar-refractivity contribution in [3.8, 4) is 0 Å². The molecule has 0 fully saturated rings. The molecule has 156 valence electrons. The van der Waals surface area contributed by atoms with Crippen LogP contribution < -0.4 is 4.90 Å². The van der Waals surface area contributed by atoms with Gasteiger partial charge in [-0.15, -0.1) is 0 Å². The summed E-state index contributed by atoms with van der Waals surface area (Å²) in [5.74, 6) is -1.58. The minimum Gasteiger partial charge on any atom is -0.718 e. The van der Waals surface area contributed by atoms with Gasteiger partial charge in [-0.25, -0.2) is 0 Å². The molecular formula is C22H14ClN2O5S-. The number of rotatable bonds is 5. The van der Waals surface area contributed by atoms with Gasteiger partial charge in [0.15, 0.2) is 5.76 Å². The van der Waals surface area contributed by atoms with Crippen LogP contribution in [-0.2, 0) is 19.0 Å². The van der Waals surface area contributed by atoms with Crippen LogP contribution in [0.5, 0.6) is 0 Å². The van der Waals surface area contributed by atoms with Crippen LogP contribution in [0.15, 0.2) is 65.3 Å². The molecule has 31 heavy (non-hydrogen) atoms. The van der Waals surface area contributed by atoms with Gasteiger partial charge in [0.25, 0.3) is 17.7 Å². The Hall–Kier alpha value is -3.49. The van der Waals surface area contributed by atoms with E-state index in [4.69, 9.17) is 28.6 Å². The molecule has 1 aliphatic rings. The predicted octanol–water partition coefficient (Wildman–Crippen LogP) is 4.09. The van der Waals surface area contributed by atoms with Crippen molar-refractivity contribution in [2.24, 2.45) is 0 Å². The monoisotopic (exact) mass is 453 g/mol. The Balaban J connectivity index is 1.63. The first kappa shape index (κ1) is 20.8. The number of amides is 4. The van der Waals surface area contributed by atoms with Gasteiger partial charge in [0.1, 0.15) is 5.24 Å². The van der Waals surface area contributed by atoms with Gasteiger partial charge in [-0.2, -0.15) is 0 Å². The van der Waals surface area contributed by atoms with Gasteiger partial charge >= 0.3 is 0 Å². The molecule has 0 saturated carbocycles. The highest BCUT2D eigenvalue weighted by atomic mass is 35.5. The zero-order valence-electron chi connectivity index (χ0n) is 15.9. The number of anilines is 1. The molecule has 3 aromatic rings. The van der Waals surface area contributed by atoms with Gasteiger partial charge in [0, 0.05) is 11.6 Å². The Morgan fingerprint density at radius 3 is 2.26 bits per heavy atom. The Bertz CT molecular complexity index is 1170. The van der Waals surface area contributed by atoms with Gasteiger partial charge in [0.2, 0.25) is 0 Å². The second kappa shape index (κ2) is 8.33. The maximum atomic E-state index is 12.8. The molecule has 0 N–H and O–H groups in total. The topological polar surface area (TPSA) is 87.9 Å². The van der Waals surface area contributed by atoms with E-state index in [1.54, 1.807) is 30.3 Å². The molecule has 0 aliphatic carbocycles. The number of halogens is 1. The third kappa shape index (κ3) is 3.83. The van der Waals surface area contributed by atoms with Gasteiger partial charge < -0.3 is 21.8 Å². The summed E-state index contributed by atoms with van der Waals surface area (Å²) in [6.45, 7) is 0.0358. The van der Waals surface area contributed by atoms with Gasteiger partial charge in [-0.3, -0.25) is 24.2 Å². The molecule has 0 spiro atoms.